The van der Waals surface area contributed by atoms with Crippen LogP contribution < -0.4 is 5.32 Å². The van der Waals surface area contributed by atoms with Gasteiger partial charge >= 0.3 is 192 Å². The Morgan fingerprint density at radius 2 is 1.87 bits per heavy atom. The number of benzene rings is 1. The fourth-order valence-corrected chi connectivity index (χ4v) is 6.17. The molecule has 2 fully saturated rings. The predicted octanol–water partition coefficient (Wildman–Crippen LogP) is 3.55. The van der Waals surface area contributed by atoms with Crippen LogP contribution in [0.4, 0.5) is 4.79 Å². The number of rotatable bonds is 8. The van der Waals surface area contributed by atoms with Gasteiger partial charge in [-0.1, -0.05) is 0 Å². The van der Waals surface area contributed by atoms with Crippen LogP contribution in [-0.4, -0.2) is 70.2 Å². The van der Waals surface area contributed by atoms with E-state index >= 15 is 0 Å². The normalized spacial score (nSPS) is 28.2. The van der Waals surface area contributed by atoms with Gasteiger partial charge in [-0.3, -0.25) is 0 Å². The first kappa shape index (κ1) is 24.5. The van der Waals surface area contributed by atoms with Crippen molar-refractivity contribution in [2.45, 2.75) is 93.7 Å². The molecule has 0 radical (unpaired) electrons. The van der Waals surface area contributed by atoms with Crippen molar-refractivity contribution < 1.29 is 28.5 Å². The van der Waals surface area contributed by atoms with Crippen LogP contribution in [0.5, 0.6) is 0 Å². The molecule has 2 heterocycles. The summed E-state index contributed by atoms with van der Waals surface area (Å²) in [6.45, 7) is 9.44. The molecule has 2 aliphatic heterocycles. The van der Waals surface area contributed by atoms with Gasteiger partial charge < -0.3 is 0 Å². The summed E-state index contributed by atoms with van der Waals surface area (Å²) >= 11 is 0.225. The Balaban J connectivity index is 1.57. The molecule has 0 aromatic heterocycles. The molecule has 0 bridgehead atoms. The summed E-state index contributed by atoms with van der Waals surface area (Å²) in [5.41, 5.74) is 0.659. The van der Waals surface area contributed by atoms with E-state index in [0.29, 0.717) is 0 Å². The Bertz CT molecular complexity index is 723. The Labute approximate surface area is 191 Å². The van der Waals surface area contributed by atoms with Crippen molar-refractivity contribution in [1.29, 1.82) is 0 Å². The molecule has 8 heteroatoms. The van der Waals surface area contributed by atoms with E-state index in [1.807, 2.05) is 52.8 Å². The third-order valence-electron chi connectivity index (χ3n) is 4.99. The average Bonchev–Trinajstić information content (AvgIpc) is 3.14. The van der Waals surface area contributed by atoms with Crippen LogP contribution in [-0.2, 0) is 30.1 Å². The third-order valence-corrected chi connectivity index (χ3v) is 7.51. The molecule has 5 atom stereocenters. The topological polar surface area (TPSA) is 75.3 Å². The van der Waals surface area contributed by atoms with Crippen LogP contribution in [0.2, 0.25) is 10.6 Å². The van der Waals surface area contributed by atoms with Gasteiger partial charge in [-0.05, 0) is 0 Å². The maximum absolute atomic E-state index is 12.4. The molecule has 0 spiro atoms. The van der Waals surface area contributed by atoms with Gasteiger partial charge in [-0.15, -0.1) is 0 Å². The van der Waals surface area contributed by atoms with E-state index in [2.05, 4.69) is 17.4 Å². The first-order valence-corrected chi connectivity index (χ1v) is 13.1. The molecule has 174 valence electrons. The summed E-state index contributed by atoms with van der Waals surface area (Å²) in [7, 11) is 1.63. The second kappa shape index (κ2) is 10.2. The summed E-state index contributed by atoms with van der Waals surface area (Å²) < 4.78 is 29.0. The predicted molar refractivity (Wildman–Crippen MR) is 118 cm³/mol. The number of hydrogen-bond acceptors (Lipinski definition) is 6. The number of carbonyl (C=O) groups is 1. The van der Waals surface area contributed by atoms with E-state index in [9.17, 15) is 4.79 Å². The second-order valence-electron chi connectivity index (χ2n) is 9.41. The standard InChI is InChI=1S/C23H35NO6Se/c1-22(2,3)30-21(25)24-16(12-15-10-8-7-9-11-15)13-31-14-17-18-19(20(26-6)27-17)29-23(4,5)28-18/h7-11,16-20H,12-14H2,1-6H3,(H,24,25)/t16-,17+,18+,19+,20+/m0/s1. The Kier molecular flexibility index (Phi) is 8.05. The van der Waals surface area contributed by atoms with E-state index < -0.39 is 17.7 Å². The van der Waals surface area contributed by atoms with E-state index in [0.717, 1.165) is 17.1 Å². The van der Waals surface area contributed by atoms with Crippen molar-refractivity contribution in [2.24, 2.45) is 0 Å². The summed E-state index contributed by atoms with van der Waals surface area (Å²) in [4.78, 5) is 12.4. The molecular formula is C23H35NO6Se. The van der Waals surface area contributed by atoms with Gasteiger partial charge in [0.05, 0.1) is 0 Å². The molecule has 31 heavy (non-hydrogen) atoms. The summed E-state index contributed by atoms with van der Waals surface area (Å²) in [5.74, 6) is -0.630. The number of amides is 1. The summed E-state index contributed by atoms with van der Waals surface area (Å²) in [6, 6.07) is 10.2. The van der Waals surface area contributed by atoms with Crippen molar-refractivity contribution in [3.8, 4) is 0 Å². The van der Waals surface area contributed by atoms with E-state index in [4.69, 9.17) is 23.7 Å². The molecule has 0 saturated carbocycles. The zero-order valence-corrected chi connectivity index (χ0v) is 21.0. The molecule has 1 aromatic carbocycles. The van der Waals surface area contributed by atoms with Crippen molar-refractivity contribution in [3.63, 3.8) is 0 Å². The zero-order valence-electron chi connectivity index (χ0n) is 19.3. The zero-order chi connectivity index (χ0) is 22.6. The summed E-state index contributed by atoms with van der Waals surface area (Å²) in [5, 5.41) is 4.78. The number of ether oxygens (including phenoxy) is 5. The molecule has 2 aliphatic rings. The van der Waals surface area contributed by atoms with Crippen LogP contribution in [0.1, 0.15) is 40.2 Å². The third kappa shape index (κ3) is 7.17. The minimum atomic E-state index is -0.630. The van der Waals surface area contributed by atoms with E-state index in [1.165, 1.54) is 5.56 Å². The van der Waals surface area contributed by atoms with Gasteiger partial charge in [0, 0.05) is 0 Å². The Morgan fingerprint density at radius 1 is 1.19 bits per heavy atom. The molecule has 0 unspecified atom stereocenters. The number of hydrogen-bond donors (Lipinski definition) is 1. The minimum absolute atomic E-state index is 0.00939. The number of alkyl carbamates (subject to hydrolysis) is 1. The fraction of sp³-hybridized carbons (Fsp3) is 0.696. The molecule has 1 N–H and O–H groups in total. The quantitative estimate of drug-likeness (QED) is 0.551. The first-order chi connectivity index (χ1) is 14.6. The molecular weight excluding hydrogens is 465 g/mol. The average molecular weight is 500 g/mol. The second-order valence-corrected chi connectivity index (χ2v) is 11.7. The van der Waals surface area contributed by atoms with E-state index in [-0.39, 0.29) is 45.4 Å². The van der Waals surface area contributed by atoms with Gasteiger partial charge in [0.1, 0.15) is 0 Å². The molecule has 1 amide bonds. The van der Waals surface area contributed by atoms with Gasteiger partial charge in [0.2, 0.25) is 0 Å². The van der Waals surface area contributed by atoms with Gasteiger partial charge in [-0.25, -0.2) is 0 Å². The van der Waals surface area contributed by atoms with Gasteiger partial charge in [0.25, 0.3) is 0 Å². The summed E-state index contributed by atoms with van der Waals surface area (Å²) in [6.07, 6.45) is -0.445. The Morgan fingerprint density at radius 3 is 2.52 bits per heavy atom. The molecule has 2 saturated heterocycles. The van der Waals surface area contributed by atoms with Crippen molar-refractivity contribution in [1.82, 2.24) is 5.32 Å². The van der Waals surface area contributed by atoms with Crippen LogP contribution in [0.15, 0.2) is 30.3 Å². The van der Waals surface area contributed by atoms with Crippen molar-refractivity contribution in [2.75, 3.05) is 7.11 Å². The van der Waals surface area contributed by atoms with Crippen LogP contribution in [0.25, 0.3) is 0 Å². The number of nitrogens with one attached hydrogen (secondary N) is 1. The molecule has 3 rings (SSSR count). The molecule has 7 nitrogen and oxygen atoms in total. The number of fused-ring (bicyclic) bond motifs is 1. The maximum atomic E-state index is 12.4. The van der Waals surface area contributed by atoms with Crippen LogP contribution in [0, 0.1) is 0 Å². The van der Waals surface area contributed by atoms with Crippen LogP contribution in [0.3, 0.4) is 0 Å². The number of methoxy groups -OCH3 is 1. The fourth-order valence-electron chi connectivity index (χ4n) is 3.82. The molecule has 0 aliphatic carbocycles. The number of carbonyl (C=O) groups excluding carboxylic acids is 1. The van der Waals surface area contributed by atoms with E-state index in [1.54, 1.807) is 7.11 Å². The van der Waals surface area contributed by atoms with Gasteiger partial charge in [-0.2, -0.15) is 0 Å². The van der Waals surface area contributed by atoms with Crippen LogP contribution >= 0.6 is 0 Å². The van der Waals surface area contributed by atoms with Gasteiger partial charge in [0.15, 0.2) is 0 Å². The SMILES string of the molecule is CO[C@@H]1O[C@H](C[Se]C[C@H](Cc2ccccc2)NC(=O)OC(C)(C)C)[C@H]2OC(C)(C)O[C@@H]12. The monoisotopic (exact) mass is 501 g/mol. The first-order valence-electron chi connectivity index (χ1n) is 10.7. The van der Waals surface area contributed by atoms with Crippen molar-refractivity contribution in [3.05, 3.63) is 35.9 Å². The Hall–Kier alpha value is -1.15. The van der Waals surface area contributed by atoms with Crippen molar-refractivity contribution >= 4 is 21.1 Å². The molecule has 1 aromatic rings.